The Hall–Kier alpha value is -1.22. The molecular weight excluding hydrogens is 340 g/mol. The topological polar surface area (TPSA) is 82.6 Å². The molecule has 1 unspecified atom stereocenters. The number of nitrogens with one attached hydrogen (secondary N) is 1. The zero-order chi connectivity index (χ0) is 19.0. The lowest BCUT2D eigenvalue weighted by molar-refractivity contribution is -0.0540. The van der Waals surface area contributed by atoms with Gasteiger partial charge in [-0.15, -0.1) is 0 Å². The second-order valence-corrected chi connectivity index (χ2v) is 12.8. The van der Waals surface area contributed by atoms with E-state index in [1.54, 1.807) is 7.11 Å². The van der Waals surface area contributed by atoms with Crippen molar-refractivity contribution in [3.63, 3.8) is 0 Å². The van der Waals surface area contributed by atoms with E-state index in [4.69, 9.17) is 13.9 Å². The zero-order valence-electron chi connectivity index (χ0n) is 16.2. The van der Waals surface area contributed by atoms with Crippen molar-refractivity contribution < 1.29 is 13.9 Å². The van der Waals surface area contributed by atoms with Gasteiger partial charge in [-0.05, 0) is 24.6 Å². The van der Waals surface area contributed by atoms with Gasteiger partial charge >= 0.3 is 5.69 Å². The standard InChI is InChI=1S/C17H30N2O5Si/c1-8-11-13(24-25(6,7)17(2,3)4)14(22-5)15(23-11)19-10-9-12(20)18-16(19)21/h9-11,13-15H,8H2,1-7H3,(H,18,20,21)/t11-,13?,14+,15-/m1/s1. The predicted octanol–water partition coefficient (Wildman–Crippen LogP) is 2.25. The summed E-state index contributed by atoms with van der Waals surface area (Å²) in [5, 5.41) is 0.0521. The third-order valence-electron chi connectivity index (χ3n) is 5.32. The predicted molar refractivity (Wildman–Crippen MR) is 98.4 cm³/mol. The van der Waals surface area contributed by atoms with E-state index in [2.05, 4.69) is 38.8 Å². The third kappa shape index (κ3) is 3.97. The van der Waals surface area contributed by atoms with Crippen LogP contribution < -0.4 is 11.2 Å². The lowest BCUT2D eigenvalue weighted by atomic mass is 10.1. The van der Waals surface area contributed by atoms with E-state index in [9.17, 15) is 9.59 Å². The first kappa shape index (κ1) is 20.1. The van der Waals surface area contributed by atoms with E-state index < -0.39 is 31.9 Å². The van der Waals surface area contributed by atoms with E-state index >= 15 is 0 Å². The van der Waals surface area contributed by atoms with Crippen LogP contribution in [0.1, 0.15) is 40.3 Å². The lowest BCUT2D eigenvalue weighted by Crippen LogP contribution is -2.49. The minimum atomic E-state index is -2.04. The highest BCUT2D eigenvalue weighted by Crippen LogP contribution is 2.42. The maximum absolute atomic E-state index is 12.2. The van der Waals surface area contributed by atoms with Gasteiger partial charge in [0.1, 0.15) is 12.2 Å². The monoisotopic (exact) mass is 370 g/mol. The molecule has 0 saturated carbocycles. The molecule has 7 nitrogen and oxygen atoms in total. The third-order valence-corrected chi connectivity index (χ3v) is 9.80. The molecular formula is C17H30N2O5Si. The Balaban J connectivity index is 2.38. The SMILES string of the molecule is CC[C@H]1O[C@@H](n2ccc(=O)[nH]c2=O)[C@@H](OC)C1O[Si](C)(C)C(C)(C)C. The first-order chi connectivity index (χ1) is 11.5. The number of hydrogen-bond acceptors (Lipinski definition) is 5. The van der Waals surface area contributed by atoms with Crippen molar-refractivity contribution in [2.75, 3.05) is 7.11 Å². The van der Waals surface area contributed by atoms with Gasteiger partial charge in [0.2, 0.25) is 0 Å². The molecule has 0 spiro atoms. The number of aromatic amines is 1. The summed E-state index contributed by atoms with van der Waals surface area (Å²) < 4.78 is 19.7. The Morgan fingerprint density at radius 3 is 2.40 bits per heavy atom. The summed E-state index contributed by atoms with van der Waals surface area (Å²) in [5.74, 6) is 0. The second-order valence-electron chi connectivity index (χ2n) is 8.03. The highest BCUT2D eigenvalue weighted by atomic mass is 28.4. The summed E-state index contributed by atoms with van der Waals surface area (Å²) in [6.45, 7) is 12.9. The molecule has 1 N–H and O–H groups in total. The van der Waals surface area contributed by atoms with Crippen LogP contribution in [0.3, 0.4) is 0 Å². The molecule has 8 heteroatoms. The average Bonchev–Trinajstić information content (AvgIpc) is 2.82. The summed E-state index contributed by atoms with van der Waals surface area (Å²) >= 11 is 0. The number of nitrogens with zero attached hydrogens (tertiary/aromatic N) is 1. The van der Waals surface area contributed by atoms with Crippen LogP contribution in [0.15, 0.2) is 21.9 Å². The molecule has 1 saturated heterocycles. The molecule has 1 aliphatic heterocycles. The van der Waals surface area contributed by atoms with Crippen molar-refractivity contribution in [3.05, 3.63) is 33.1 Å². The number of aromatic nitrogens is 2. The lowest BCUT2D eigenvalue weighted by Gasteiger charge is -2.40. The van der Waals surface area contributed by atoms with Gasteiger partial charge in [0.05, 0.1) is 6.10 Å². The van der Waals surface area contributed by atoms with E-state index in [0.717, 1.165) is 6.42 Å². The van der Waals surface area contributed by atoms with E-state index in [1.165, 1.54) is 16.8 Å². The van der Waals surface area contributed by atoms with Gasteiger partial charge in [-0.25, -0.2) is 4.79 Å². The van der Waals surface area contributed by atoms with Crippen LogP contribution in [0.25, 0.3) is 0 Å². The maximum atomic E-state index is 12.2. The van der Waals surface area contributed by atoms with Crippen molar-refractivity contribution in [2.45, 2.75) is 76.8 Å². The average molecular weight is 371 g/mol. The van der Waals surface area contributed by atoms with Crippen molar-refractivity contribution in [1.82, 2.24) is 9.55 Å². The van der Waals surface area contributed by atoms with Crippen LogP contribution in [0.5, 0.6) is 0 Å². The van der Waals surface area contributed by atoms with Gasteiger partial charge in [-0.1, -0.05) is 27.7 Å². The largest absolute Gasteiger partial charge is 0.408 e. The number of methoxy groups -OCH3 is 1. The van der Waals surface area contributed by atoms with Crippen LogP contribution in [0.2, 0.25) is 18.1 Å². The molecule has 1 aromatic rings. The van der Waals surface area contributed by atoms with E-state index in [0.29, 0.717) is 0 Å². The molecule has 0 radical (unpaired) electrons. The van der Waals surface area contributed by atoms with Gasteiger partial charge in [0.15, 0.2) is 14.5 Å². The van der Waals surface area contributed by atoms with E-state index in [1.807, 2.05) is 6.92 Å². The molecule has 1 aromatic heterocycles. The quantitative estimate of drug-likeness (QED) is 0.804. The van der Waals surface area contributed by atoms with Crippen molar-refractivity contribution in [1.29, 1.82) is 0 Å². The summed E-state index contributed by atoms with van der Waals surface area (Å²) in [6.07, 6.45) is 0.687. The Morgan fingerprint density at radius 1 is 1.28 bits per heavy atom. The van der Waals surface area contributed by atoms with Crippen LogP contribution in [0, 0.1) is 0 Å². The Bertz CT molecular complexity index is 706. The molecule has 0 aromatic carbocycles. The minimum Gasteiger partial charge on any atom is -0.408 e. The molecule has 1 aliphatic rings. The maximum Gasteiger partial charge on any atom is 0.330 e. The minimum absolute atomic E-state index is 0.0521. The zero-order valence-corrected chi connectivity index (χ0v) is 17.2. The summed E-state index contributed by atoms with van der Waals surface area (Å²) in [5.41, 5.74) is -0.947. The van der Waals surface area contributed by atoms with Gasteiger partial charge in [-0.2, -0.15) is 0 Å². The summed E-state index contributed by atoms with van der Waals surface area (Å²) in [6, 6.07) is 1.31. The fourth-order valence-electron chi connectivity index (χ4n) is 2.80. The van der Waals surface area contributed by atoms with Crippen molar-refractivity contribution in [2.24, 2.45) is 0 Å². The fraction of sp³-hybridized carbons (Fsp3) is 0.765. The fourth-order valence-corrected chi connectivity index (χ4v) is 4.12. The first-order valence-corrected chi connectivity index (χ1v) is 11.6. The molecule has 1 fully saturated rings. The molecule has 0 aliphatic carbocycles. The number of ether oxygens (including phenoxy) is 2. The van der Waals surface area contributed by atoms with Crippen LogP contribution in [0.4, 0.5) is 0 Å². The van der Waals surface area contributed by atoms with Gasteiger partial charge < -0.3 is 13.9 Å². The molecule has 0 bridgehead atoms. The van der Waals surface area contributed by atoms with Gasteiger partial charge in [-0.3, -0.25) is 14.3 Å². The Labute approximate surface area is 149 Å². The van der Waals surface area contributed by atoms with Gasteiger partial charge in [0, 0.05) is 19.4 Å². The normalized spacial score (nSPS) is 27.6. The Kier molecular flexibility index (Phi) is 5.77. The van der Waals surface area contributed by atoms with Crippen molar-refractivity contribution in [3.8, 4) is 0 Å². The highest BCUT2D eigenvalue weighted by molar-refractivity contribution is 6.74. The molecule has 2 heterocycles. The van der Waals surface area contributed by atoms with Crippen molar-refractivity contribution >= 4 is 8.32 Å². The second kappa shape index (κ2) is 7.18. The number of hydrogen-bond donors (Lipinski definition) is 1. The highest BCUT2D eigenvalue weighted by Gasteiger charge is 2.50. The van der Waals surface area contributed by atoms with Crippen LogP contribution in [-0.4, -0.2) is 43.3 Å². The van der Waals surface area contributed by atoms with Crippen LogP contribution >= 0.6 is 0 Å². The molecule has 142 valence electrons. The summed E-state index contributed by atoms with van der Waals surface area (Å²) in [4.78, 5) is 25.8. The molecule has 25 heavy (non-hydrogen) atoms. The number of rotatable bonds is 5. The van der Waals surface area contributed by atoms with E-state index in [-0.39, 0.29) is 17.2 Å². The molecule has 0 amide bonds. The molecule has 4 atom stereocenters. The van der Waals surface area contributed by atoms with Crippen LogP contribution in [-0.2, 0) is 13.9 Å². The number of H-pyrrole nitrogens is 1. The first-order valence-electron chi connectivity index (χ1n) is 8.69. The summed E-state index contributed by atoms with van der Waals surface area (Å²) in [7, 11) is -0.449. The molecule has 2 rings (SSSR count). The smallest absolute Gasteiger partial charge is 0.330 e. The van der Waals surface area contributed by atoms with Gasteiger partial charge in [0.25, 0.3) is 5.56 Å². The Morgan fingerprint density at radius 2 is 1.92 bits per heavy atom.